The van der Waals surface area contributed by atoms with Crippen LogP contribution in [0.3, 0.4) is 0 Å². The zero-order chi connectivity index (χ0) is 47.5. The number of nitrogens with one attached hydrogen (secondary N) is 3. The number of aliphatic hydroxyl groups is 1. The predicted octanol–water partition coefficient (Wildman–Crippen LogP) is 9.20. The van der Waals surface area contributed by atoms with Gasteiger partial charge in [0.25, 0.3) is 21.6 Å². The number of H-pyrrole nitrogens is 1. The first-order valence-corrected chi connectivity index (χ1v) is 26.0. The third kappa shape index (κ3) is 9.17. The smallest absolute Gasteiger partial charge is 0.297 e. The van der Waals surface area contributed by atoms with Crippen molar-refractivity contribution < 1.29 is 37.5 Å². The van der Waals surface area contributed by atoms with Crippen molar-refractivity contribution in [3.63, 3.8) is 0 Å². The molecule has 0 bridgehead atoms. The second kappa shape index (κ2) is 18.2. The Morgan fingerprint density at radius 2 is 1.81 bits per heavy atom. The van der Waals surface area contributed by atoms with Crippen LogP contribution in [0.4, 0.5) is 17.1 Å². The van der Waals surface area contributed by atoms with Gasteiger partial charge >= 0.3 is 0 Å². The number of nitro benzene ring substituents is 1. The number of halogens is 1. The summed E-state index contributed by atoms with van der Waals surface area (Å²) in [6, 6.07) is 18.3. The molecule has 10 rings (SSSR count). The Balaban J connectivity index is 0.864. The van der Waals surface area contributed by atoms with Crippen molar-refractivity contribution in [2.45, 2.75) is 107 Å². The molecule has 1 spiro atoms. The minimum absolute atomic E-state index is 0.00305. The van der Waals surface area contributed by atoms with E-state index in [2.05, 4.69) is 83.8 Å². The summed E-state index contributed by atoms with van der Waals surface area (Å²) in [5.41, 5.74) is 3.23. The number of nitro groups is 1. The van der Waals surface area contributed by atoms with E-state index in [1.165, 1.54) is 23.4 Å². The number of sulfonamides is 1. The molecular weight excluding hydrogens is 955 g/mol. The summed E-state index contributed by atoms with van der Waals surface area (Å²) in [6.45, 7) is 10.4. The van der Waals surface area contributed by atoms with Gasteiger partial charge < -0.3 is 34.5 Å². The lowest BCUT2D eigenvalue weighted by Gasteiger charge is -2.57. The number of aromatic nitrogens is 2. The summed E-state index contributed by atoms with van der Waals surface area (Å²) in [5.74, 6) is -0.00706. The van der Waals surface area contributed by atoms with Gasteiger partial charge in [0, 0.05) is 65.6 Å². The molecule has 2 saturated carbocycles. The predicted molar refractivity (Wildman–Crippen MR) is 261 cm³/mol. The molecule has 68 heavy (non-hydrogen) atoms. The summed E-state index contributed by atoms with van der Waals surface area (Å²) in [7, 11) is -4.68. The van der Waals surface area contributed by atoms with Crippen LogP contribution >= 0.6 is 15.9 Å². The van der Waals surface area contributed by atoms with E-state index in [0.717, 1.165) is 73.5 Å². The minimum atomic E-state index is -4.68. The number of amides is 1. The summed E-state index contributed by atoms with van der Waals surface area (Å²) < 4.78 is 49.4. The van der Waals surface area contributed by atoms with Gasteiger partial charge in [0.2, 0.25) is 0 Å². The molecule has 3 aliphatic heterocycles. The van der Waals surface area contributed by atoms with E-state index in [-0.39, 0.29) is 52.8 Å². The molecule has 360 valence electrons. The second-order valence-electron chi connectivity index (χ2n) is 20.1. The maximum Gasteiger partial charge on any atom is 0.297 e. The van der Waals surface area contributed by atoms with Crippen LogP contribution in [0.25, 0.3) is 11.0 Å². The molecule has 3 aromatic carbocycles. The molecule has 18 heteroatoms. The first-order chi connectivity index (χ1) is 32.6. The van der Waals surface area contributed by atoms with Crippen molar-refractivity contribution in [2.24, 2.45) is 11.3 Å². The molecule has 0 radical (unpaired) electrons. The fourth-order valence-electron chi connectivity index (χ4n) is 11.3. The molecule has 5 heterocycles. The van der Waals surface area contributed by atoms with E-state index >= 15 is 0 Å². The third-order valence-electron chi connectivity index (χ3n) is 15.2. The maximum atomic E-state index is 14.2. The summed E-state index contributed by atoms with van der Waals surface area (Å²) >= 11 is 3.54. The van der Waals surface area contributed by atoms with Gasteiger partial charge in [-0.15, -0.1) is 0 Å². The number of carbonyl (C=O) groups is 1. The number of hydrogen-bond donors (Lipinski definition) is 4. The Morgan fingerprint density at radius 1 is 1.04 bits per heavy atom. The van der Waals surface area contributed by atoms with E-state index in [1.54, 1.807) is 37.4 Å². The standard InChI is InChI=1S/C50H58BrN7O9S/c1-30(2)36-6-4-5-7-37(36)43-29-65-19-18-57(43)33-24-50(25-33)14-16-56(17-15-50)32-8-9-38(44(20-32)67-34-21-39-40(51)27-53-47(39)52-26-34)48(59)55-68(63,64)35-22-42(58(61)62)46-45(23-35)66-28-41(54-46)31-10-12-49(3,60)13-11-31/h4-9,20-23,26-27,30-31,33,41,43,54,60H,10-19,24-25,28-29H2,1-3H3,(H,52,53)(H,55,59)/t31-,41-,43-,49-/m1/s1. The highest BCUT2D eigenvalue weighted by molar-refractivity contribution is 9.10. The minimum Gasteiger partial charge on any atom is -0.489 e. The number of rotatable bonds is 11. The fraction of sp³-hybridized carbons (Fsp3) is 0.480. The van der Waals surface area contributed by atoms with Crippen molar-refractivity contribution >= 4 is 60.0 Å². The van der Waals surface area contributed by atoms with E-state index in [4.69, 9.17) is 14.2 Å². The quantitative estimate of drug-likeness (QED) is 0.0722. The Hall–Kier alpha value is -5.27. The van der Waals surface area contributed by atoms with Crippen molar-refractivity contribution in [1.29, 1.82) is 0 Å². The molecule has 2 atom stereocenters. The second-order valence-corrected chi connectivity index (χ2v) is 22.6. The highest BCUT2D eigenvalue weighted by Crippen LogP contribution is 2.53. The molecule has 5 aromatic rings. The number of piperidine rings is 1. The number of benzene rings is 3. The zero-order valence-corrected chi connectivity index (χ0v) is 40.9. The van der Waals surface area contributed by atoms with Crippen LogP contribution in [0.15, 0.2) is 82.4 Å². The van der Waals surface area contributed by atoms with Gasteiger partial charge in [0.05, 0.1) is 52.5 Å². The number of ether oxygens (including phenoxy) is 3. The van der Waals surface area contributed by atoms with Crippen molar-refractivity contribution in [1.82, 2.24) is 19.6 Å². The molecule has 4 N–H and O–H groups in total. The van der Waals surface area contributed by atoms with Crippen LogP contribution in [0, 0.1) is 21.4 Å². The molecule has 4 fully saturated rings. The number of anilines is 2. The van der Waals surface area contributed by atoms with E-state index in [1.807, 2.05) is 0 Å². The summed E-state index contributed by atoms with van der Waals surface area (Å²) in [4.78, 5) is 37.9. The van der Waals surface area contributed by atoms with Crippen molar-refractivity contribution in [2.75, 3.05) is 49.7 Å². The number of hydrogen-bond acceptors (Lipinski definition) is 13. The van der Waals surface area contributed by atoms with Crippen LogP contribution in [0.2, 0.25) is 0 Å². The third-order valence-corrected chi connectivity index (χ3v) is 17.2. The van der Waals surface area contributed by atoms with Crippen molar-refractivity contribution in [3.05, 3.63) is 104 Å². The molecule has 2 aliphatic carbocycles. The molecular formula is C50H58BrN7O9S. The van der Waals surface area contributed by atoms with Crippen molar-refractivity contribution in [3.8, 4) is 17.2 Å². The van der Waals surface area contributed by atoms with E-state index in [9.17, 15) is 28.4 Å². The molecule has 5 aliphatic rings. The Morgan fingerprint density at radius 3 is 2.56 bits per heavy atom. The van der Waals surface area contributed by atoms with E-state index < -0.39 is 37.0 Å². The molecule has 16 nitrogen and oxygen atoms in total. The number of carbonyl (C=O) groups excluding carboxylic acids is 1. The number of pyridine rings is 1. The van der Waals surface area contributed by atoms with Gasteiger partial charge in [-0.25, -0.2) is 18.1 Å². The molecule has 2 saturated heterocycles. The van der Waals surface area contributed by atoms with E-state index in [0.29, 0.717) is 55.6 Å². The monoisotopic (exact) mass is 1010 g/mol. The first kappa shape index (κ1) is 46.5. The largest absolute Gasteiger partial charge is 0.489 e. The molecule has 1 amide bonds. The number of morpholine rings is 1. The average Bonchev–Trinajstić information content (AvgIpc) is 3.69. The number of nitrogens with zero attached hydrogens (tertiary/aromatic N) is 4. The zero-order valence-electron chi connectivity index (χ0n) is 38.5. The summed E-state index contributed by atoms with van der Waals surface area (Å²) in [5, 5.41) is 26.9. The normalized spacial score (nSPS) is 24.2. The van der Waals surface area contributed by atoms with Gasteiger partial charge in [0.15, 0.2) is 11.4 Å². The lowest BCUT2D eigenvalue weighted by molar-refractivity contribution is -0.384. The first-order valence-electron chi connectivity index (χ1n) is 23.7. The highest BCUT2D eigenvalue weighted by atomic mass is 79.9. The summed E-state index contributed by atoms with van der Waals surface area (Å²) in [6.07, 6.45) is 10.2. The van der Waals surface area contributed by atoms with Gasteiger partial charge in [-0.2, -0.15) is 0 Å². The number of fused-ring (bicyclic) bond motifs is 2. The van der Waals surface area contributed by atoms with Gasteiger partial charge in [0.1, 0.15) is 23.8 Å². The van der Waals surface area contributed by atoms with Crippen LogP contribution < -0.4 is 24.4 Å². The van der Waals surface area contributed by atoms with Crippen LogP contribution in [-0.2, 0) is 14.8 Å². The van der Waals surface area contributed by atoms with Gasteiger partial charge in [-0.05, 0) is 121 Å². The SMILES string of the molecule is CC(C)c1ccccc1[C@H]1COCCN1C1CC2(CCN(c3ccc(C(=O)NS(=O)(=O)c4cc5c(c([N+](=O)[O-])c4)N[C@@H]([C@H]4CC[C@](C)(O)CC4)CO5)c(Oc4cnc5[nH]cc(Br)c5c4)c3)CC2)C1. The Kier molecular flexibility index (Phi) is 12.5. The molecule has 2 aromatic heterocycles. The number of aromatic amines is 1. The highest BCUT2D eigenvalue weighted by Gasteiger charge is 2.50. The maximum absolute atomic E-state index is 14.2. The van der Waals surface area contributed by atoms with Gasteiger partial charge in [-0.1, -0.05) is 38.1 Å². The fourth-order valence-corrected chi connectivity index (χ4v) is 12.7. The van der Waals surface area contributed by atoms with Crippen LogP contribution in [-0.4, -0.2) is 96.4 Å². The Labute approximate surface area is 404 Å². The lowest BCUT2D eigenvalue weighted by Crippen LogP contribution is -2.58. The van der Waals surface area contributed by atoms with Gasteiger partial charge in [-0.3, -0.25) is 19.8 Å². The van der Waals surface area contributed by atoms with Crippen LogP contribution in [0.5, 0.6) is 17.2 Å². The lowest BCUT2D eigenvalue weighted by atomic mass is 9.59. The molecule has 0 unspecified atom stereocenters. The Bertz CT molecular complexity index is 2850. The average molecular weight is 1010 g/mol. The topological polar surface area (TPSA) is 201 Å². The van der Waals surface area contributed by atoms with Crippen LogP contribution in [0.1, 0.15) is 106 Å².